The quantitative estimate of drug-likeness (QED) is 0.240. The smallest absolute Gasteiger partial charge is 0.345 e. The van der Waals surface area contributed by atoms with Crippen molar-refractivity contribution in [3.05, 3.63) is 50.8 Å². The van der Waals surface area contributed by atoms with E-state index in [9.17, 15) is 19.7 Å². The molecule has 9 nitrogen and oxygen atoms in total. The lowest BCUT2D eigenvalue weighted by atomic mass is 10.1. The second-order valence-corrected chi connectivity index (χ2v) is 7.60. The molecule has 2 rings (SSSR count). The van der Waals surface area contributed by atoms with Crippen LogP contribution >= 0.6 is 0 Å². The van der Waals surface area contributed by atoms with E-state index < -0.39 is 23.2 Å². The zero-order valence-electron chi connectivity index (χ0n) is 18.7. The number of ether oxygens (including phenoxy) is 3. The number of Topliss-reactive ketones (excluding diaryl/α,β-unsaturated/α-hetero) is 1. The molecule has 0 N–H and O–H groups in total. The molecule has 0 spiro atoms. The van der Waals surface area contributed by atoms with Gasteiger partial charge in [0.1, 0.15) is 5.56 Å². The zero-order valence-corrected chi connectivity index (χ0v) is 18.7. The van der Waals surface area contributed by atoms with Crippen LogP contribution in [0.15, 0.2) is 18.2 Å². The maximum absolute atomic E-state index is 12.7. The first-order valence-corrected chi connectivity index (χ1v) is 9.88. The summed E-state index contributed by atoms with van der Waals surface area (Å²) in [5, 5.41) is 11.4. The molecule has 0 aliphatic carbocycles. The van der Waals surface area contributed by atoms with E-state index in [-0.39, 0.29) is 22.8 Å². The van der Waals surface area contributed by atoms with Crippen LogP contribution in [0.25, 0.3) is 0 Å². The molecule has 0 saturated carbocycles. The molecule has 0 aliphatic rings. The minimum absolute atomic E-state index is 0.107. The Labute approximate surface area is 181 Å². The lowest BCUT2D eigenvalue weighted by molar-refractivity contribution is -0.385. The minimum Gasteiger partial charge on any atom is -0.493 e. The molecular formula is C22H28N2O7. The van der Waals surface area contributed by atoms with Crippen molar-refractivity contribution in [2.75, 3.05) is 20.8 Å². The Morgan fingerprint density at radius 2 is 1.68 bits per heavy atom. The highest BCUT2D eigenvalue weighted by Crippen LogP contribution is 2.34. The SMILES string of the molecule is COc1cc(C(=O)OCC(=O)c2cc(C)n(CCC(C)C)c2C)c([N+](=O)[O-])cc1OC. The molecule has 0 aliphatic heterocycles. The Hall–Kier alpha value is -3.36. The van der Waals surface area contributed by atoms with Gasteiger partial charge in [0, 0.05) is 29.6 Å². The number of ketones is 1. The Bertz CT molecular complexity index is 992. The molecule has 1 heterocycles. The summed E-state index contributed by atoms with van der Waals surface area (Å²) in [7, 11) is 2.67. The standard InChI is InChI=1S/C22H28N2O7/c1-13(2)7-8-23-14(3)9-16(15(23)4)19(25)12-31-22(26)17-10-20(29-5)21(30-6)11-18(17)24(27)28/h9-11,13H,7-8,12H2,1-6H3. The molecule has 0 unspecified atom stereocenters. The Morgan fingerprint density at radius 3 is 2.23 bits per heavy atom. The van der Waals surface area contributed by atoms with Gasteiger partial charge in [-0.2, -0.15) is 0 Å². The molecule has 0 saturated heterocycles. The van der Waals surface area contributed by atoms with E-state index in [1.165, 1.54) is 20.3 Å². The number of nitrogens with zero attached hydrogens (tertiary/aromatic N) is 2. The number of aromatic nitrogens is 1. The predicted octanol–water partition coefficient (Wildman–Crippen LogP) is 4.12. The van der Waals surface area contributed by atoms with Crippen LogP contribution in [-0.2, 0) is 11.3 Å². The highest BCUT2D eigenvalue weighted by molar-refractivity contribution is 6.01. The van der Waals surface area contributed by atoms with Gasteiger partial charge in [-0.3, -0.25) is 14.9 Å². The fourth-order valence-corrected chi connectivity index (χ4v) is 3.28. The van der Waals surface area contributed by atoms with Crippen molar-refractivity contribution in [3.63, 3.8) is 0 Å². The number of methoxy groups -OCH3 is 2. The summed E-state index contributed by atoms with van der Waals surface area (Å²) >= 11 is 0. The van der Waals surface area contributed by atoms with Gasteiger partial charge in [-0.15, -0.1) is 0 Å². The molecule has 0 radical (unpaired) electrons. The fraction of sp³-hybridized carbons (Fsp3) is 0.455. The maximum atomic E-state index is 12.7. The number of carbonyl (C=O) groups is 2. The number of carbonyl (C=O) groups excluding carboxylic acids is 2. The van der Waals surface area contributed by atoms with Crippen LogP contribution in [0.4, 0.5) is 5.69 Å². The molecular weight excluding hydrogens is 404 g/mol. The highest BCUT2D eigenvalue weighted by atomic mass is 16.6. The van der Waals surface area contributed by atoms with Gasteiger partial charge < -0.3 is 18.8 Å². The van der Waals surface area contributed by atoms with Gasteiger partial charge in [0.25, 0.3) is 5.69 Å². The first-order valence-electron chi connectivity index (χ1n) is 9.88. The fourth-order valence-electron chi connectivity index (χ4n) is 3.28. The Kier molecular flexibility index (Phi) is 7.79. The van der Waals surface area contributed by atoms with Crippen molar-refractivity contribution < 1.29 is 28.7 Å². The highest BCUT2D eigenvalue weighted by Gasteiger charge is 2.27. The van der Waals surface area contributed by atoms with Gasteiger partial charge >= 0.3 is 5.97 Å². The van der Waals surface area contributed by atoms with E-state index in [0.29, 0.717) is 11.5 Å². The molecule has 1 aromatic heterocycles. The number of hydrogen-bond donors (Lipinski definition) is 0. The third-order valence-corrected chi connectivity index (χ3v) is 5.06. The monoisotopic (exact) mass is 432 g/mol. The van der Waals surface area contributed by atoms with E-state index in [4.69, 9.17) is 14.2 Å². The first-order chi connectivity index (χ1) is 14.6. The third-order valence-electron chi connectivity index (χ3n) is 5.06. The van der Waals surface area contributed by atoms with Crippen LogP contribution in [0.5, 0.6) is 11.5 Å². The molecule has 0 atom stereocenters. The number of aryl methyl sites for hydroxylation is 1. The summed E-state index contributed by atoms with van der Waals surface area (Å²) in [6.07, 6.45) is 0.974. The Morgan fingerprint density at radius 1 is 1.06 bits per heavy atom. The van der Waals surface area contributed by atoms with Crippen LogP contribution < -0.4 is 9.47 Å². The summed E-state index contributed by atoms with van der Waals surface area (Å²) in [5.41, 5.74) is 1.40. The largest absolute Gasteiger partial charge is 0.493 e. The number of esters is 1. The molecule has 1 aromatic carbocycles. The van der Waals surface area contributed by atoms with Crippen LogP contribution in [0.3, 0.4) is 0 Å². The summed E-state index contributed by atoms with van der Waals surface area (Å²) < 4.78 is 17.3. The Balaban J connectivity index is 2.20. The lowest BCUT2D eigenvalue weighted by Gasteiger charge is -2.12. The van der Waals surface area contributed by atoms with E-state index in [2.05, 4.69) is 18.4 Å². The predicted molar refractivity (Wildman–Crippen MR) is 114 cm³/mol. The van der Waals surface area contributed by atoms with Gasteiger partial charge in [-0.25, -0.2) is 4.79 Å². The van der Waals surface area contributed by atoms with Crippen molar-refractivity contribution in [1.82, 2.24) is 4.57 Å². The number of nitro groups is 1. The molecule has 31 heavy (non-hydrogen) atoms. The van der Waals surface area contributed by atoms with E-state index >= 15 is 0 Å². The third kappa shape index (κ3) is 5.42. The van der Waals surface area contributed by atoms with Crippen molar-refractivity contribution in [2.45, 2.75) is 40.7 Å². The van der Waals surface area contributed by atoms with Gasteiger partial charge in [0.2, 0.25) is 5.78 Å². The van der Waals surface area contributed by atoms with E-state index in [0.717, 1.165) is 30.4 Å². The molecule has 168 valence electrons. The van der Waals surface area contributed by atoms with Crippen molar-refractivity contribution in [3.8, 4) is 11.5 Å². The maximum Gasteiger partial charge on any atom is 0.345 e. The van der Waals surface area contributed by atoms with E-state index in [1.54, 1.807) is 6.07 Å². The topological polar surface area (TPSA) is 110 Å². The van der Waals surface area contributed by atoms with Gasteiger partial charge in [0.05, 0.1) is 25.2 Å². The van der Waals surface area contributed by atoms with E-state index in [1.807, 2.05) is 13.8 Å². The number of rotatable bonds is 10. The number of nitro benzene ring substituents is 1. The van der Waals surface area contributed by atoms with Crippen LogP contribution in [0.2, 0.25) is 0 Å². The van der Waals surface area contributed by atoms with Crippen LogP contribution in [0, 0.1) is 29.9 Å². The van der Waals surface area contributed by atoms with Crippen molar-refractivity contribution >= 4 is 17.4 Å². The summed E-state index contributed by atoms with van der Waals surface area (Å²) in [6, 6.07) is 4.02. The molecule has 0 amide bonds. The second-order valence-electron chi connectivity index (χ2n) is 7.60. The second kappa shape index (κ2) is 10.1. The van der Waals surface area contributed by atoms with Gasteiger partial charge in [0.15, 0.2) is 18.1 Å². The summed E-state index contributed by atoms with van der Waals surface area (Å²) in [5.74, 6) is -0.593. The number of benzene rings is 1. The first kappa shape index (κ1) is 23.9. The average molecular weight is 432 g/mol. The lowest BCUT2D eigenvalue weighted by Crippen LogP contribution is -2.16. The molecule has 9 heteroatoms. The van der Waals surface area contributed by atoms with Crippen LogP contribution in [-0.4, -0.2) is 42.1 Å². The normalized spacial score (nSPS) is 10.8. The number of hydrogen-bond acceptors (Lipinski definition) is 7. The summed E-state index contributed by atoms with van der Waals surface area (Å²) in [6.45, 7) is 8.30. The minimum atomic E-state index is -0.991. The molecule has 0 fully saturated rings. The van der Waals surface area contributed by atoms with Crippen molar-refractivity contribution in [2.24, 2.45) is 5.92 Å². The van der Waals surface area contributed by atoms with Crippen LogP contribution in [0.1, 0.15) is 52.4 Å². The van der Waals surface area contributed by atoms with Gasteiger partial charge in [-0.1, -0.05) is 13.8 Å². The van der Waals surface area contributed by atoms with Gasteiger partial charge in [-0.05, 0) is 32.3 Å². The molecule has 2 aromatic rings. The molecule has 0 bridgehead atoms. The zero-order chi connectivity index (χ0) is 23.3. The summed E-state index contributed by atoms with van der Waals surface area (Å²) in [4.78, 5) is 35.9. The van der Waals surface area contributed by atoms with Crippen molar-refractivity contribution in [1.29, 1.82) is 0 Å². The average Bonchev–Trinajstić information content (AvgIpc) is 3.02.